The highest BCUT2D eigenvalue weighted by molar-refractivity contribution is 5.30. The lowest BCUT2D eigenvalue weighted by Gasteiger charge is -2.06. The summed E-state index contributed by atoms with van der Waals surface area (Å²) in [5, 5.41) is 0. The molecule has 0 aliphatic heterocycles. The number of rotatable bonds is 3. The monoisotopic (exact) mass is 162 g/mol. The van der Waals surface area contributed by atoms with Crippen molar-refractivity contribution >= 4 is 0 Å². The fraction of sp³-hybridized carbons (Fsp3) is 0.455. The van der Waals surface area contributed by atoms with Crippen molar-refractivity contribution in [3.05, 3.63) is 34.9 Å². The van der Waals surface area contributed by atoms with Crippen molar-refractivity contribution in [3.8, 4) is 0 Å². The number of aryl methyl sites for hydroxylation is 2. The molecule has 1 aromatic rings. The molecule has 12 heavy (non-hydrogen) atoms. The highest BCUT2D eigenvalue weighted by Gasteiger charge is 1.99. The van der Waals surface area contributed by atoms with E-state index in [0.29, 0.717) is 6.54 Å². The van der Waals surface area contributed by atoms with Crippen LogP contribution in [-0.4, -0.2) is 0 Å². The SMILES string of the molecule is CCc1[c]c(CC)c(CN)cc1. The molecule has 0 fully saturated rings. The maximum Gasteiger partial charge on any atom is 0.0181 e. The van der Waals surface area contributed by atoms with Gasteiger partial charge in [0.15, 0.2) is 0 Å². The van der Waals surface area contributed by atoms with Crippen LogP contribution in [0.15, 0.2) is 12.1 Å². The standard InChI is InChI=1S/C11H16N/c1-3-9-5-6-11(8-12)10(4-2)7-9/h5-6H,3-4,8,12H2,1-2H3. The lowest BCUT2D eigenvalue weighted by atomic mass is 10.0. The average Bonchev–Trinajstić information content (AvgIpc) is 2.16. The average molecular weight is 162 g/mol. The molecule has 1 nitrogen and oxygen atoms in total. The van der Waals surface area contributed by atoms with Crippen LogP contribution in [0.25, 0.3) is 0 Å². The molecule has 1 rings (SSSR count). The maximum absolute atomic E-state index is 5.60. The first kappa shape index (κ1) is 9.27. The van der Waals surface area contributed by atoms with E-state index in [2.05, 4.69) is 32.0 Å². The molecule has 0 saturated heterocycles. The van der Waals surface area contributed by atoms with Gasteiger partial charge in [0.25, 0.3) is 0 Å². The van der Waals surface area contributed by atoms with E-state index in [1.54, 1.807) is 0 Å². The number of hydrogen-bond donors (Lipinski definition) is 1. The van der Waals surface area contributed by atoms with Crippen LogP contribution in [0.3, 0.4) is 0 Å². The molecule has 0 aliphatic rings. The summed E-state index contributed by atoms with van der Waals surface area (Å²) in [5.74, 6) is 0. The fourth-order valence-corrected chi connectivity index (χ4v) is 1.33. The van der Waals surface area contributed by atoms with Crippen molar-refractivity contribution in [1.29, 1.82) is 0 Å². The van der Waals surface area contributed by atoms with Crippen LogP contribution in [0.5, 0.6) is 0 Å². The van der Waals surface area contributed by atoms with Crippen LogP contribution in [0.4, 0.5) is 0 Å². The van der Waals surface area contributed by atoms with Gasteiger partial charge in [-0.15, -0.1) is 0 Å². The van der Waals surface area contributed by atoms with Crippen molar-refractivity contribution in [2.75, 3.05) is 0 Å². The Morgan fingerprint density at radius 1 is 1.25 bits per heavy atom. The first-order chi connectivity index (χ1) is 5.81. The molecule has 0 heterocycles. The maximum atomic E-state index is 5.60. The van der Waals surface area contributed by atoms with Crippen LogP contribution in [-0.2, 0) is 19.4 Å². The summed E-state index contributed by atoms with van der Waals surface area (Å²) < 4.78 is 0. The summed E-state index contributed by atoms with van der Waals surface area (Å²) in [5.41, 5.74) is 9.39. The van der Waals surface area contributed by atoms with Crippen LogP contribution in [0.1, 0.15) is 30.5 Å². The third-order valence-corrected chi connectivity index (χ3v) is 2.14. The molecule has 0 bridgehead atoms. The molecule has 65 valence electrons. The van der Waals surface area contributed by atoms with Gasteiger partial charge in [0.1, 0.15) is 0 Å². The molecular weight excluding hydrogens is 146 g/mol. The summed E-state index contributed by atoms with van der Waals surface area (Å²) in [4.78, 5) is 0. The molecule has 1 aromatic carbocycles. The zero-order chi connectivity index (χ0) is 8.97. The Morgan fingerprint density at radius 3 is 2.50 bits per heavy atom. The number of benzene rings is 1. The Balaban J connectivity index is 3.02. The summed E-state index contributed by atoms with van der Waals surface area (Å²) >= 11 is 0. The summed E-state index contributed by atoms with van der Waals surface area (Å²) in [7, 11) is 0. The molecule has 0 spiro atoms. The van der Waals surface area contributed by atoms with Crippen LogP contribution in [0.2, 0.25) is 0 Å². The molecule has 0 saturated carbocycles. The van der Waals surface area contributed by atoms with Gasteiger partial charge < -0.3 is 5.73 Å². The normalized spacial score (nSPS) is 10.2. The molecule has 0 aliphatic carbocycles. The Morgan fingerprint density at radius 2 is 2.00 bits per heavy atom. The van der Waals surface area contributed by atoms with Gasteiger partial charge in [0.2, 0.25) is 0 Å². The van der Waals surface area contributed by atoms with Gasteiger partial charge in [0, 0.05) is 6.54 Å². The highest BCUT2D eigenvalue weighted by atomic mass is 14.5. The lowest BCUT2D eigenvalue weighted by molar-refractivity contribution is 0.985. The highest BCUT2D eigenvalue weighted by Crippen LogP contribution is 2.11. The van der Waals surface area contributed by atoms with Crippen molar-refractivity contribution in [2.45, 2.75) is 33.2 Å². The lowest BCUT2D eigenvalue weighted by Crippen LogP contribution is -2.01. The predicted octanol–water partition coefficient (Wildman–Crippen LogP) is 2.07. The molecule has 0 amide bonds. The number of nitrogens with two attached hydrogens (primary N) is 1. The first-order valence-corrected chi connectivity index (χ1v) is 4.54. The van der Waals surface area contributed by atoms with Gasteiger partial charge >= 0.3 is 0 Å². The topological polar surface area (TPSA) is 26.0 Å². The van der Waals surface area contributed by atoms with E-state index in [4.69, 9.17) is 5.73 Å². The zero-order valence-electron chi connectivity index (χ0n) is 7.85. The van der Waals surface area contributed by atoms with Crippen molar-refractivity contribution in [3.63, 3.8) is 0 Å². The van der Waals surface area contributed by atoms with Crippen molar-refractivity contribution in [1.82, 2.24) is 0 Å². The van der Waals surface area contributed by atoms with Gasteiger partial charge in [-0.2, -0.15) is 0 Å². The molecular formula is C11H16N. The molecule has 0 unspecified atom stereocenters. The minimum atomic E-state index is 0.629. The van der Waals surface area contributed by atoms with Gasteiger partial charge in [-0.1, -0.05) is 26.0 Å². The van der Waals surface area contributed by atoms with Crippen molar-refractivity contribution < 1.29 is 0 Å². The van der Waals surface area contributed by atoms with Crippen LogP contribution >= 0.6 is 0 Å². The molecule has 1 radical (unpaired) electrons. The second kappa shape index (κ2) is 4.27. The third kappa shape index (κ3) is 1.86. The summed E-state index contributed by atoms with van der Waals surface area (Å²) in [6.45, 7) is 4.92. The van der Waals surface area contributed by atoms with Gasteiger partial charge in [-0.3, -0.25) is 0 Å². The quantitative estimate of drug-likeness (QED) is 0.723. The van der Waals surface area contributed by atoms with Gasteiger partial charge in [-0.05, 0) is 35.6 Å². The van der Waals surface area contributed by atoms with Gasteiger partial charge in [0.05, 0.1) is 0 Å². The fourth-order valence-electron chi connectivity index (χ4n) is 1.33. The third-order valence-electron chi connectivity index (χ3n) is 2.14. The second-order valence-electron chi connectivity index (χ2n) is 2.90. The minimum Gasteiger partial charge on any atom is -0.326 e. The zero-order valence-corrected chi connectivity index (χ0v) is 7.85. The second-order valence-corrected chi connectivity index (χ2v) is 2.90. The smallest absolute Gasteiger partial charge is 0.0181 e. The Labute approximate surface area is 74.6 Å². The predicted molar refractivity (Wildman–Crippen MR) is 51.9 cm³/mol. The first-order valence-electron chi connectivity index (χ1n) is 4.54. The van der Waals surface area contributed by atoms with E-state index >= 15 is 0 Å². The van der Waals surface area contributed by atoms with E-state index in [1.807, 2.05) is 0 Å². The summed E-state index contributed by atoms with van der Waals surface area (Å²) in [6.07, 6.45) is 2.08. The Kier molecular flexibility index (Phi) is 3.30. The van der Waals surface area contributed by atoms with Crippen molar-refractivity contribution in [2.24, 2.45) is 5.73 Å². The van der Waals surface area contributed by atoms with Crippen LogP contribution in [0, 0.1) is 6.07 Å². The minimum absolute atomic E-state index is 0.629. The van der Waals surface area contributed by atoms with E-state index in [9.17, 15) is 0 Å². The number of hydrogen-bond acceptors (Lipinski definition) is 1. The van der Waals surface area contributed by atoms with E-state index in [0.717, 1.165) is 12.8 Å². The van der Waals surface area contributed by atoms with Crippen LogP contribution < -0.4 is 5.73 Å². The van der Waals surface area contributed by atoms with Gasteiger partial charge in [-0.25, -0.2) is 0 Å². The molecule has 0 atom stereocenters. The largest absolute Gasteiger partial charge is 0.326 e. The van der Waals surface area contributed by atoms with E-state index in [1.165, 1.54) is 16.7 Å². The van der Waals surface area contributed by atoms with E-state index in [-0.39, 0.29) is 0 Å². The molecule has 0 aromatic heterocycles. The summed E-state index contributed by atoms with van der Waals surface area (Å²) in [6, 6.07) is 7.61. The Bertz CT molecular complexity index is 253. The molecule has 2 N–H and O–H groups in total. The van der Waals surface area contributed by atoms with E-state index < -0.39 is 0 Å². The molecule has 1 heteroatoms. The Hall–Kier alpha value is -0.820.